The van der Waals surface area contributed by atoms with Gasteiger partial charge in [-0.3, -0.25) is 0 Å². The SMILES string of the molecule is CCCCCCCCCCCCCCCCOc1ccccc1N. The molecule has 0 atom stereocenters. The lowest BCUT2D eigenvalue weighted by Gasteiger charge is -2.08. The zero-order valence-electron chi connectivity index (χ0n) is 15.9. The molecule has 0 spiro atoms. The molecule has 0 saturated heterocycles. The molecule has 0 fully saturated rings. The summed E-state index contributed by atoms with van der Waals surface area (Å²) in [7, 11) is 0. The van der Waals surface area contributed by atoms with Gasteiger partial charge in [-0.25, -0.2) is 0 Å². The highest BCUT2D eigenvalue weighted by Crippen LogP contribution is 2.20. The molecule has 24 heavy (non-hydrogen) atoms. The number of unbranched alkanes of at least 4 members (excludes halogenated alkanes) is 13. The highest BCUT2D eigenvalue weighted by molar-refractivity contribution is 5.51. The van der Waals surface area contributed by atoms with Crippen LogP contribution in [0.1, 0.15) is 96.8 Å². The predicted octanol–water partition coefficient (Wildman–Crippen LogP) is 7.13. The zero-order valence-corrected chi connectivity index (χ0v) is 15.9. The molecule has 0 aromatic heterocycles. The molecule has 138 valence electrons. The van der Waals surface area contributed by atoms with E-state index in [9.17, 15) is 0 Å². The van der Waals surface area contributed by atoms with Gasteiger partial charge in [0.05, 0.1) is 12.3 Å². The quantitative estimate of drug-likeness (QED) is 0.258. The summed E-state index contributed by atoms with van der Waals surface area (Å²) in [5.41, 5.74) is 6.59. The normalized spacial score (nSPS) is 10.9. The van der Waals surface area contributed by atoms with E-state index in [0.717, 1.165) is 24.5 Å². The Morgan fingerprint density at radius 3 is 1.62 bits per heavy atom. The van der Waals surface area contributed by atoms with Crippen molar-refractivity contribution in [3.05, 3.63) is 24.3 Å². The lowest BCUT2D eigenvalue weighted by Crippen LogP contribution is -2.00. The second-order valence-electron chi connectivity index (χ2n) is 6.98. The molecule has 0 amide bonds. The summed E-state index contributed by atoms with van der Waals surface area (Å²) in [5, 5.41) is 0. The van der Waals surface area contributed by atoms with Crippen LogP contribution in [0.15, 0.2) is 24.3 Å². The van der Waals surface area contributed by atoms with Crippen molar-refractivity contribution in [2.24, 2.45) is 0 Å². The number of para-hydroxylation sites is 2. The van der Waals surface area contributed by atoms with E-state index in [2.05, 4.69) is 6.92 Å². The van der Waals surface area contributed by atoms with Gasteiger partial charge >= 0.3 is 0 Å². The Hall–Kier alpha value is -1.18. The van der Waals surface area contributed by atoms with Gasteiger partial charge in [0, 0.05) is 0 Å². The maximum absolute atomic E-state index is 5.86. The smallest absolute Gasteiger partial charge is 0.142 e. The molecule has 1 aromatic rings. The van der Waals surface area contributed by atoms with E-state index in [-0.39, 0.29) is 0 Å². The van der Waals surface area contributed by atoms with Crippen LogP contribution < -0.4 is 10.5 Å². The van der Waals surface area contributed by atoms with E-state index in [1.807, 2.05) is 24.3 Å². The second-order valence-corrected chi connectivity index (χ2v) is 6.98. The number of nitrogens with two attached hydrogens (primary N) is 1. The van der Waals surface area contributed by atoms with E-state index in [4.69, 9.17) is 10.5 Å². The summed E-state index contributed by atoms with van der Waals surface area (Å²) in [6, 6.07) is 7.74. The Labute approximate surface area is 150 Å². The van der Waals surface area contributed by atoms with Crippen LogP contribution in [0.25, 0.3) is 0 Å². The number of rotatable bonds is 16. The second kappa shape index (κ2) is 15.4. The summed E-state index contributed by atoms with van der Waals surface area (Å²) < 4.78 is 5.72. The van der Waals surface area contributed by atoms with Crippen molar-refractivity contribution in [2.75, 3.05) is 12.3 Å². The van der Waals surface area contributed by atoms with Crippen LogP contribution in [0.4, 0.5) is 5.69 Å². The molecular weight excluding hydrogens is 294 g/mol. The van der Waals surface area contributed by atoms with Crippen molar-refractivity contribution in [3.63, 3.8) is 0 Å². The highest BCUT2D eigenvalue weighted by atomic mass is 16.5. The first-order valence-corrected chi connectivity index (χ1v) is 10.3. The maximum atomic E-state index is 5.86. The standard InChI is InChI=1S/C22H39NO/c1-2-3-4-5-6-7-8-9-10-11-12-13-14-17-20-24-22-19-16-15-18-21(22)23/h15-16,18-19H,2-14,17,20,23H2,1H3. The minimum atomic E-state index is 0.739. The largest absolute Gasteiger partial charge is 0.491 e. The van der Waals surface area contributed by atoms with Gasteiger partial charge in [-0.05, 0) is 18.6 Å². The third-order valence-corrected chi connectivity index (χ3v) is 4.67. The predicted molar refractivity (Wildman–Crippen MR) is 107 cm³/mol. The Morgan fingerprint density at radius 2 is 1.12 bits per heavy atom. The molecule has 1 rings (SSSR count). The molecule has 0 aliphatic carbocycles. The first kappa shape index (κ1) is 20.9. The first-order valence-electron chi connectivity index (χ1n) is 10.3. The molecule has 2 nitrogen and oxygen atoms in total. The number of hydrogen-bond acceptors (Lipinski definition) is 2. The maximum Gasteiger partial charge on any atom is 0.142 e. The Bertz CT molecular complexity index is 391. The molecule has 0 aliphatic rings. The Morgan fingerprint density at radius 1 is 0.667 bits per heavy atom. The lowest BCUT2D eigenvalue weighted by atomic mass is 10.0. The number of nitrogen functional groups attached to an aromatic ring is 1. The van der Waals surface area contributed by atoms with E-state index in [1.54, 1.807) is 0 Å². The van der Waals surface area contributed by atoms with Crippen LogP contribution in [0.2, 0.25) is 0 Å². The number of anilines is 1. The third-order valence-electron chi connectivity index (χ3n) is 4.67. The molecule has 1 aromatic carbocycles. The van der Waals surface area contributed by atoms with Crippen LogP contribution in [0, 0.1) is 0 Å². The van der Waals surface area contributed by atoms with Crippen LogP contribution in [0.5, 0.6) is 5.75 Å². The molecular formula is C22H39NO. The molecule has 0 unspecified atom stereocenters. The Kier molecular flexibility index (Phi) is 13.3. The average molecular weight is 334 g/mol. The average Bonchev–Trinajstić information content (AvgIpc) is 2.60. The monoisotopic (exact) mass is 333 g/mol. The van der Waals surface area contributed by atoms with Crippen LogP contribution in [0.3, 0.4) is 0 Å². The highest BCUT2D eigenvalue weighted by Gasteiger charge is 1.98. The summed E-state index contributed by atoms with van der Waals surface area (Å²) in [4.78, 5) is 0. The van der Waals surface area contributed by atoms with Gasteiger partial charge in [0.2, 0.25) is 0 Å². The van der Waals surface area contributed by atoms with E-state index in [0.29, 0.717) is 0 Å². The molecule has 0 saturated carbocycles. The number of benzene rings is 1. The molecule has 0 bridgehead atoms. The molecule has 0 heterocycles. The topological polar surface area (TPSA) is 35.2 Å². The van der Waals surface area contributed by atoms with Gasteiger partial charge in [0.25, 0.3) is 0 Å². The van der Waals surface area contributed by atoms with Gasteiger partial charge in [-0.1, -0.05) is 103 Å². The van der Waals surface area contributed by atoms with Crippen molar-refractivity contribution in [3.8, 4) is 5.75 Å². The summed E-state index contributed by atoms with van der Waals surface area (Å²) in [6.07, 6.45) is 19.4. The molecule has 2 heteroatoms. The van der Waals surface area contributed by atoms with Crippen molar-refractivity contribution >= 4 is 5.69 Å². The van der Waals surface area contributed by atoms with Gasteiger partial charge < -0.3 is 10.5 Å². The first-order chi connectivity index (χ1) is 11.8. The number of ether oxygens (including phenoxy) is 1. The zero-order chi connectivity index (χ0) is 17.3. The fourth-order valence-corrected chi connectivity index (χ4v) is 3.09. The minimum absolute atomic E-state index is 0.739. The summed E-state index contributed by atoms with van der Waals surface area (Å²) >= 11 is 0. The molecule has 0 aliphatic heterocycles. The summed E-state index contributed by atoms with van der Waals surface area (Å²) in [5.74, 6) is 0.826. The van der Waals surface area contributed by atoms with Gasteiger partial charge in [0.15, 0.2) is 0 Å². The lowest BCUT2D eigenvalue weighted by molar-refractivity contribution is 0.306. The van der Waals surface area contributed by atoms with Crippen molar-refractivity contribution in [2.45, 2.75) is 96.8 Å². The van der Waals surface area contributed by atoms with Gasteiger partial charge in [0.1, 0.15) is 5.75 Å². The van der Waals surface area contributed by atoms with Gasteiger partial charge in [-0.15, -0.1) is 0 Å². The Balaban J connectivity index is 1.77. The van der Waals surface area contributed by atoms with Crippen LogP contribution in [-0.2, 0) is 0 Å². The van der Waals surface area contributed by atoms with E-state index >= 15 is 0 Å². The van der Waals surface area contributed by atoms with Crippen molar-refractivity contribution in [1.82, 2.24) is 0 Å². The molecule has 2 N–H and O–H groups in total. The fraction of sp³-hybridized carbons (Fsp3) is 0.727. The number of hydrogen-bond donors (Lipinski definition) is 1. The van der Waals surface area contributed by atoms with Crippen molar-refractivity contribution in [1.29, 1.82) is 0 Å². The van der Waals surface area contributed by atoms with Gasteiger partial charge in [-0.2, -0.15) is 0 Å². The molecule has 0 radical (unpaired) electrons. The summed E-state index contributed by atoms with van der Waals surface area (Å²) in [6.45, 7) is 3.07. The fourth-order valence-electron chi connectivity index (χ4n) is 3.09. The van der Waals surface area contributed by atoms with Crippen LogP contribution in [-0.4, -0.2) is 6.61 Å². The van der Waals surface area contributed by atoms with E-state index < -0.39 is 0 Å². The third kappa shape index (κ3) is 11.4. The van der Waals surface area contributed by atoms with Crippen molar-refractivity contribution < 1.29 is 4.74 Å². The van der Waals surface area contributed by atoms with E-state index in [1.165, 1.54) is 83.5 Å². The minimum Gasteiger partial charge on any atom is -0.491 e. The van der Waals surface area contributed by atoms with Crippen LogP contribution >= 0.6 is 0 Å².